The van der Waals surface area contributed by atoms with Crippen LogP contribution >= 0.6 is 0 Å². The molecule has 0 unspecified atom stereocenters. The molecule has 1 aliphatic carbocycles. The number of carbonyl (C=O) groups excluding carboxylic acids is 2. The van der Waals surface area contributed by atoms with E-state index in [1.165, 1.54) is 32.1 Å². The Morgan fingerprint density at radius 3 is 2.68 bits per heavy atom. The van der Waals surface area contributed by atoms with Gasteiger partial charge in [-0.05, 0) is 61.2 Å². The number of fused-ring (bicyclic) bond motifs is 1. The summed E-state index contributed by atoms with van der Waals surface area (Å²) in [7, 11) is 0. The van der Waals surface area contributed by atoms with Crippen LogP contribution in [0.4, 0.5) is 11.4 Å². The van der Waals surface area contributed by atoms with E-state index < -0.39 is 0 Å². The Bertz CT molecular complexity index is 1090. The van der Waals surface area contributed by atoms with Crippen molar-refractivity contribution in [3.63, 3.8) is 0 Å². The van der Waals surface area contributed by atoms with Crippen molar-refractivity contribution < 1.29 is 9.59 Å². The summed E-state index contributed by atoms with van der Waals surface area (Å²) in [4.78, 5) is 29.5. The van der Waals surface area contributed by atoms with E-state index in [0.29, 0.717) is 29.3 Å². The molecule has 2 amide bonds. The average Bonchev–Trinajstić information content (AvgIpc) is 2.80. The van der Waals surface area contributed by atoms with Crippen LogP contribution < -0.4 is 10.6 Å². The number of hydrogen-bond acceptors (Lipinski definition) is 3. The van der Waals surface area contributed by atoms with Crippen LogP contribution in [0.2, 0.25) is 0 Å². The molecule has 1 fully saturated rings. The SMILES string of the molecule is Cc1ccc(NC(=O)CCC2CCCCC2)cc1NC(=O)c1ccc2ncccc2c1. The molecule has 3 aromatic rings. The van der Waals surface area contributed by atoms with Gasteiger partial charge in [-0.1, -0.05) is 44.2 Å². The molecule has 1 aromatic heterocycles. The largest absolute Gasteiger partial charge is 0.326 e. The average molecular weight is 416 g/mol. The number of nitrogens with zero attached hydrogens (tertiary/aromatic N) is 1. The molecule has 0 saturated heterocycles. The van der Waals surface area contributed by atoms with Gasteiger partial charge in [-0.2, -0.15) is 0 Å². The molecule has 5 heteroatoms. The summed E-state index contributed by atoms with van der Waals surface area (Å²) in [5.41, 5.74) is 3.77. The lowest BCUT2D eigenvalue weighted by atomic mass is 9.86. The molecule has 5 nitrogen and oxygen atoms in total. The Morgan fingerprint density at radius 1 is 1.00 bits per heavy atom. The van der Waals surface area contributed by atoms with Crippen molar-refractivity contribution in [3.05, 3.63) is 65.9 Å². The molecule has 1 saturated carbocycles. The van der Waals surface area contributed by atoms with E-state index in [4.69, 9.17) is 0 Å². The lowest BCUT2D eigenvalue weighted by Crippen LogP contribution is -2.16. The highest BCUT2D eigenvalue weighted by molar-refractivity contribution is 6.07. The predicted octanol–water partition coefficient (Wildman–Crippen LogP) is 6.09. The van der Waals surface area contributed by atoms with Crippen LogP contribution in [0.15, 0.2) is 54.7 Å². The van der Waals surface area contributed by atoms with Gasteiger partial charge in [-0.3, -0.25) is 14.6 Å². The summed E-state index contributed by atoms with van der Waals surface area (Å²) < 4.78 is 0. The Kier molecular flexibility index (Phi) is 6.60. The highest BCUT2D eigenvalue weighted by atomic mass is 16.2. The van der Waals surface area contributed by atoms with Gasteiger partial charge in [0.2, 0.25) is 5.91 Å². The van der Waals surface area contributed by atoms with Crippen molar-refractivity contribution in [2.45, 2.75) is 51.9 Å². The summed E-state index contributed by atoms with van der Waals surface area (Å²) in [6, 6.07) is 14.9. The van der Waals surface area contributed by atoms with E-state index in [-0.39, 0.29) is 11.8 Å². The van der Waals surface area contributed by atoms with Gasteiger partial charge < -0.3 is 10.6 Å². The molecular weight excluding hydrogens is 386 g/mol. The first-order valence-corrected chi connectivity index (χ1v) is 11.1. The summed E-state index contributed by atoms with van der Waals surface area (Å²) >= 11 is 0. The molecule has 4 rings (SSSR count). The summed E-state index contributed by atoms with van der Waals surface area (Å²) in [6.45, 7) is 1.94. The third-order valence-electron chi connectivity index (χ3n) is 6.14. The second kappa shape index (κ2) is 9.73. The summed E-state index contributed by atoms with van der Waals surface area (Å²) in [5, 5.41) is 6.89. The van der Waals surface area contributed by atoms with E-state index in [2.05, 4.69) is 15.6 Å². The number of aryl methyl sites for hydroxylation is 1. The summed E-state index contributed by atoms with van der Waals surface area (Å²) in [5.74, 6) is 0.535. The van der Waals surface area contributed by atoms with Crippen molar-refractivity contribution in [1.29, 1.82) is 0 Å². The van der Waals surface area contributed by atoms with Gasteiger partial charge in [0.25, 0.3) is 5.91 Å². The van der Waals surface area contributed by atoms with Gasteiger partial charge in [-0.25, -0.2) is 0 Å². The quantitative estimate of drug-likeness (QED) is 0.511. The molecule has 1 aliphatic rings. The highest BCUT2D eigenvalue weighted by Crippen LogP contribution is 2.28. The molecule has 31 heavy (non-hydrogen) atoms. The normalized spacial score (nSPS) is 14.4. The van der Waals surface area contributed by atoms with Crippen molar-refractivity contribution in [3.8, 4) is 0 Å². The number of benzene rings is 2. The molecule has 2 N–H and O–H groups in total. The number of rotatable bonds is 6. The van der Waals surface area contributed by atoms with Crippen LogP contribution in [0.25, 0.3) is 10.9 Å². The molecule has 0 atom stereocenters. The zero-order chi connectivity index (χ0) is 21.6. The smallest absolute Gasteiger partial charge is 0.255 e. The molecule has 0 spiro atoms. The number of nitrogens with one attached hydrogen (secondary N) is 2. The van der Waals surface area contributed by atoms with E-state index in [9.17, 15) is 9.59 Å². The fraction of sp³-hybridized carbons (Fsp3) is 0.346. The first-order valence-electron chi connectivity index (χ1n) is 11.1. The second-order valence-electron chi connectivity index (χ2n) is 8.49. The number of anilines is 2. The van der Waals surface area contributed by atoms with Gasteiger partial charge in [0.05, 0.1) is 5.52 Å². The number of carbonyl (C=O) groups is 2. The van der Waals surface area contributed by atoms with Crippen LogP contribution in [0.5, 0.6) is 0 Å². The van der Waals surface area contributed by atoms with Crippen LogP contribution in [-0.4, -0.2) is 16.8 Å². The third-order valence-corrected chi connectivity index (χ3v) is 6.14. The lowest BCUT2D eigenvalue weighted by molar-refractivity contribution is -0.116. The predicted molar refractivity (Wildman–Crippen MR) is 125 cm³/mol. The second-order valence-corrected chi connectivity index (χ2v) is 8.49. The van der Waals surface area contributed by atoms with Gasteiger partial charge in [0, 0.05) is 34.9 Å². The minimum atomic E-state index is -0.186. The lowest BCUT2D eigenvalue weighted by Gasteiger charge is -2.21. The molecule has 0 aliphatic heterocycles. The molecule has 160 valence electrons. The molecule has 1 heterocycles. The van der Waals surface area contributed by atoms with Crippen LogP contribution in [-0.2, 0) is 4.79 Å². The van der Waals surface area contributed by atoms with Crippen molar-refractivity contribution in [2.75, 3.05) is 10.6 Å². The standard InChI is InChI=1S/C26H29N3O2/c1-18-9-12-22(28-25(30)14-10-19-6-3-2-4-7-19)17-24(18)29-26(31)21-11-13-23-20(16-21)8-5-15-27-23/h5,8-9,11-13,15-17,19H,2-4,6-7,10,14H2,1H3,(H,28,30)(H,29,31). The topological polar surface area (TPSA) is 71.1 Å². The maximum absolute atomic E-state index is 12.8. The molecule has 0 radical (unpaired) electrons. The maximum atomic E-state index is 12.8. The van der Waals surface area contributed by atoms with Crippen LogP contribution in [0.3, 0.4) is 0 Å². The van der Waals surface area contributed by atoms with E-state index in [1.807, 2.05) is 49.4 Å². The number of aromatic nitrogens is 1. The number of hydrogen-bond donors (Lipinski definition) is 2. The molecular formula is C26H29N3O2. The number of amides is 2. The van der Waals surface area contributed by atoms with E-state index in [0.717, 1.165) is 22.9 Å². The zero-order valence-corrected chi connectivity index (χ0v) is 18.0. The maximum Gasteiger partial charge on any atom is 0.255 e. The molecule has 2 aromatic carbocycles. The Hall–Kier alpha value is -3.21. The summed E-state index contributed by atoms with van der Waals surface area (Å²) in [6.07, 6.45) is 9.65. The van der Waals surface area contributed by atoms with Gasteiger partial charge >= 0.3 is 0 Å². The molecule has 0 bridgehead atoms. The Labute approximate surface area is 183 Å². The Morgan fingerprint density at radius 2 is 1.84 bits per heavy atom. The van der Waals surface area contributed by atoms with Gasteiger partial charge in [0.15, 0.2) is 0 Å². The van der Waals surface area contributed by atoms with E-state index >= 15 is 0 Å². The first kappa shape index (κ1) is 21.0. The minimum Gasteiger partial charge on any atom is -0.326 e. The van der Waals surface area contributed by atoms with Crippen LogP contribution in [0, 0.1) is 12.8 Å². The highest BCUT2D eigenvalue weighted by Gasteiger charge is 2.15. The first-order chi connectivity index (χ1) is 15.1. The Balaban J connectivity index is 1.39. The fourth-order valence-electron chi connectivity index (χ4n) is 4.28. The number of pyridine rings is 1. The van der Waals surface area contributed by atoms with Gasteiger partial charge in [0.1, 0.15) is 0 Å². The van der Waals surface area contributed by atoms with Crippen molar-refractivity contribution in [2.24, 2.45) is 5.92 Å². The van der Waals surface area contributed by atoms with E-state index in [1.54, 1.807) is 12.3 Å². The monoisotopic (exact) mass is 415 g/mol. The fourth-order valence-corrected chi connectivity index (χ4v) is 4.28. The van der Waals surface area contributed by atoms with Crippen LogP contribution in [0.1, 0.15) is 60.9 Å². The zero-order valence-electron chi connectivity index (χ0n) is 18.0. The third kappa shape index (κ3) is 5.48. The minimum absolute atomic E-state index is 0.0359. The van der Waals surface area contributed by atoms with Crippen molar-refractivity contribution >= 4 is 34.1 Å². The van der Waals surface area contributed by atoms with Crippen molar-refractivity contribution in [1.82, 2.24) is 4.98 Å². The van der Waals surface area contributed by atoms with Gasteiger partial charge in [-0.15, -0.1) is 0 Å².